The van der Waals surface area contributed by atoms with Gasteiger partial charge in [-0.15, -0.1) is 0 Å². The Hall–Kier alpha value is -2.05. The molecule has 1 aliphatic heterocycles. The highest BCUT2D eigenvalue weighted by atomic mass is 16.5. The maximum atomic E-state index is 9.58. The minimum absolute atomic E-state index is 0.177. The number of hydrogen-bond donors (Lipinski definition) is 1. The Bertz CT molecular complexity index is 722. The molecule has 24 heavy (non-hydrogen) atoms. The molecule has 126 valence electrons. The molecule has 1 fully saturated rings. The zero-order valence-electron chi connectivity index (χ0n) is 14.3. The lowest BCUT2D eigenvalue weighted by molar-refractivity contribution is 0.292. The first-order valence-corrected chi connectivity index (χ1v) is 8.19. The number of ether oxygens (including phenoxy) is 2. The number of aryl methyl sites for hydroxylation is 1. The highest BCUT2D eigenvalue weighted by molar-refractivity contribution is 6.43. The molecule has 0 radical (unpaired) electrons. The third-order valence-electron chi connectivity index (χ3n) is 4.33. The van der Waals surface area contributed by atoms with E-state index in [2.05, 4.69) is 11.1 Å². The Morgan fingerprint density at radius 3 is 2.83 bits per heavy atom. The number of rotatable bonds is 5. The van der Waals surface area contributed by atoms with Crippen LogP contribution in [0.5, 0.6) is 11.5 Å². The van der Waals surface area contributed by atoms with Crippen LogP contribution in [0.3, 0.4) is 0 Å². The number of aromatic nitrogens is 1. The molecule has 2 heterocycles. The summed E-state index contributed by atoms with van der Waals surface area (Å²) in [6.07, 6.45) is 2.48. The van der Waals surface area contributed by atoms with Gasteiger partial charge >= 0.3 is 7.12 Å². The minimum atomic E-state index is -0.676. The van der Waals surface area contributed by atoms with Crippen LogP contribution in [0.1, 0.15) is 24.1 Å². The van der Waals surface area contributed by atoms with Crippen molar-refractivity contribution in [2.45, 2.75) is 26.1 Å². The first-order chi connectivity index (χ1) is 11.6. The number of hydrogen-bond acceptors (Lipinski definition) is 5. The van der Waals surface area contributed by atoms with Crippen LogP contribution in [0, 0.1) is 6.92 Å². The van der Waals surface area contributed by atoms with E-state index in [1.54, 1.807) is 7.11 Å². The first-order valence-electron chi connectivity index (χ1n) is 8.19. The van der Waals surface area contributed by atoms with Gasteiger partial charge in [-0.3, -0.25) is 4.98 Å². The van der Waals surface area contributed by atoms with Gasteiger partial charge in [-0.05, 0) is 49.5 Å². The van der Waals surface area contributed by atoms with E-state index in [0.717, 1.165) is 33.9 Å². The van der Waals surface area contributed by atoms with Crippen LogP contribution in [0.15, 0.2) is 30.5 Å². The maximum absolute atomic E-state index is 9.58. The van der Waals surface area contributed by atoms with Crippen molar-refractivity contribution >= 4 is 7.12 Å². The van der Waals surface area contributed by atoms with Crippen molar-refractivity contribution in [3.8, 4) is 22.6 Å². The molecule has 3 rings (SSSR count). The van der Waals surface area contributed by atoms with E-state index in [-0.39, 0.29) is 5.92 Å². The van der Waals surface area contributed by atoms with Crippen LogP contribution in [0.4, 0.5) is 0 Å². The first kappa shape index (κ1) is 16.8. The van der Waals surface area contributed by atoms with Crippen molar-refractivity contribution < 1.29 is 19.2 Å². The fourth-order valence-corrected chi connectivity index (χ4v) is 3.02. The maximum Gasteiger partial charge on any atom is 0.454 e. The van der Waals surface area contributed by atoms with Gasteiger partial charge in [0.1, 0.15) is 0 Å². The summed E-state index contributed by atoms with van der Waals surface area (Å²) < 4.78 is 16.3. The Labute approximate surface area is 142 Å². The molecule has 6 heteroatoms. The summed E-state index contributed by atoms with van der Waals surface area (Å²) in [5, 5.41) is 9.58. The van der Waals surface area contributed by atoms with Crippen LogP contribution in [0.2, 0.25) is 6.32 Å². The molecule has 1 N–H and O–H groups in total. The molecule has 1 aliphatic rings. The number of methoxy groups -OCH3 is 1. The van der Waals surface area contributed by atoms with Gasteiger partial charge in [-0.25, -0.2) is 0 Å². The number of pyridine rings is 1. The molecule has 1 atom stereocenters. The molecule has 2 aromatic rings. The molecule has 0 bridgehead atoms. The van der Waals surface area contributed by atoms with E-state index >= 15 is 0 Å². The zero-order valence-corrected chi connectivity index (χ0v) is 14.3. The minimum Gasteiger partial charge on any atom is -0.493 e. The van der Waals surface area contributed by atoms with E-state index in [1.807, 2.05) is 38.2 Å². The third-order valence-corrected chi connectivity index (χ3v) is 4.33. The van der Waals surface area contributed by atoms with Gasteiger partial charge in [-0.2, -0.15) is 0 Å². The van der Waals surface area contributed by atoms with Crippen molar-refractivity contribution in [1.82, 2.24) is 4.98 Å². The van der Waals surface area contributed by atoms with Crippen molar-refractivity contribution in [3.63, 3.8) is 0 Å². The second-order valence-electron chi connectivity index (χ2n) is 5.92. The lowest BCUT2D eigenvalue weighted by atomic mass is 9.79. The van der Waals surface area contributed by atoms with E-state index < -0.39 is 7.12 Å². The molecule has 1 aromatic carbocycles. The summed E-state index contributed by atoms with van der Waals surface area (Å²) >= 11 is 0. The number of nitrogens with zero attached hydrogens (tertiary/aromatic N) is 1. The van der Waals surface area contributed by atoms with Crippen molar-refractivity contribution in [2.24, 2.45) is 0 Å². The second kappa shape index (κ2) is 7.24. The van der Waals surface area contributed by atoms with E-state index in [0.29, 0.717) is 19.5 Å². The lowest BCUT2D eigenvalue weighted by Gasteiger charge is -2.14. The van der Waals surface area contributed by atoms with Gasteiger partial charge in [0.15, 0.2) is 11.5 Å². The second-order valence-corrected chi connectivity index (χ2v) is 5.92. The quantitative estimate of drug-likeness (QED) is 0.855. The molecular formula is C18H22BNO4. The molecule has 0 spiro atoms. The highest BCUT2D eigenvalue weighted by Crippen LogP contribution is 2.35. The normalized spacial score (nSPS) is 17.2. The van der Waals surface area contributed by atoms with Gasteiger partial charge in [-0.1, -0.05) is 6.07 Å². The molecule has 0 unspecified atom stereocenters. The molecular weight excluding hydrogens is 305 g/mol. The van der Waals surface area contributed by atoms with Crippen LogP contribution < -0.4 is 9.47 Å². The SMILES string of the molecule is CCOc1cc(-c2cc([C@@H]3COB(O)C3)cnc2C)ccc1OC. The summed E-state index contributed by atoms with van der Waals surface area (Å²) in [5.41, 5.74) is 4.12. The molecule has 0 saturated carbocycles. The highest BCUT2D eigenvalue weighted by Gasteiger charge is 2.30. The molecule has 0 amide bonds. The van der Waals surface area contributed by atoms with Crippen LogP contribution in [-0.2, 0) is 4.65 Å². The van der Waals surface area contributed by atoms with Gasteiger partial charge in [0, 0.05) is 30.0 Å². The summed E-state index contributed by atoms with van der Waals surface area (Å²) in [6, 6.07) is 8.03. The molecule has 0 aliphatic carbocycles. The van der Waals surface area contributed by atoms with Crippen LogP contribution in [0.25, 0.3) is 11.1 Å². The Morgan fingerprint density at radius 2 is 2.17 bits per heavy atom. The summed E-state index contributed by atoms with van der Waals surface area (Å²) in [7, 11) is 0.960. The predicted octanol–water partition coefficient (Wildman–Crippen LogP) is 3.06. The summed E-state index contributed by atoms with van der Waals surface area (Å²) in [6.45, 7) is 5.04. The topological polar surface area (TPSA) is 60.8 Å². The Balaban J connectivity index is 1.97. The van der Waals surface area contributed by atoms with Crippen LogP contribution >= 0.6 is 0 Å². The fraction of sp³-hybridized carbons (Fsp3) is 0.389. The predicted molar refractivity (Wildman–Crippen MR) is 93.6 cm³/mol. The average molecular weight is 327 g/mol. The van der Waals surface area contributed by atoms with E-state index in [9.17, 15) is 5.02 Å². The molecule has 1 aromatic heterocycles. The van der Waals surface area contributed by atoms with Crippen molar-refractivity contribution in [1.29, 1.82) is 0 Å². The fourth-order valence-electron chi connectivity index (χ4n) is 3.02. The molecule has 5 nitrogen and oxygen atoms in total. The Kier molecular flexibility index (Phi) is 5.07. The van der Waals surface area contributed by atoms with Gasteiger partial charge in [0.05, 0.1) is 13.7 Å². The number of benzene rings is 1. The van der Waals surface area contributed by atoms with Crippen molar-refractivity contribution in [3.05, 3.63) is 41.7 Å². The van der Waals surface area contributed by atoms with E-state index in [4.69, 9.17) is 14.1 Å². The third kappa shape index (κ3) is 3.39. The smallest absolute Gasteiger partial charge is 0.454 e. The lowest BCUT2D eigenvalue weighted by Crippen LogP contribution is -2.07. The molecule has 1 saturated heterocycles. The van der Waals surface area contributed by atoms with E-state index in [1.165, 1.54) is 0 Å². The van der Waals surface area contributed by atoms with Gasteiger partial charge in [0.25, 0.3) is 0 Å². The summed E-state index contributed by atoms with van der Waals surface area (Å²) in [5.74, 6) is 1.62. The monoisotopic (exact) mass is 327 g/mol. The largest absolute Gasteiger partial charge is 0.493 e. The average Bonchev–Trinajstić information content (AvgIpc) is 3.02. The van der Waals surface area contributed by atoms with Crippen LogP contribution in [-0.4, -0.2) is 37.4 Å². The standard InChI is InChI=1S/C18H22BNO4/c1-4-23-18-8-13(5-6-17(18)22-3)16-7-14(10-20-12(16)2)15-9-19(21)24-11-15/h5-8,10,15,21H,4,9,11H2,1-3H3/t15-/m0/s1. The zero-order chi connectivity index (χ0) is 17.1. The van der Waals surface area contributed by atoms with Crippen molar-refractivity contribution in [2.75, 3.05) is 20.3 Å². The summed E-state index contributed by atoms with van der Waals surface area (Å²) in [4.78, 5) is 4.53. The van der Waals surface area contributed by atoms with Gasteiger partial charge in [0.2, 0.25) is 0 Å². The van der Waals surface area contributed by atoms with Gasteiger partial charge < -0.3 is 19.2 Å². The Morgan fingerprint density at radius 1 is 1.33 bits per heavy atom.